The van der Waals surface area contributed by atoms with Gasteiger partial charge in [-0.2, -0.15) is 4.68 Å². The molecule has 434 valence electrons. The minimum absolute atomic E-state index is 0.0416. The largest absolute Gasteiger partial charge is 0.493 e. The van der Waals surface area contributed by atoms with E-state index in [9.17, 15) is 27.6 Å². The number of sulfone groups is 1. The maximum Gasteiger partial charge on any atom is 0.410 e. The fourth-order valence-electron chi connectivity index (χ4n) is 9.25. The number of nitrogens with one attached hydrogen (secondary N) is 1. The van der Waals surface area contributed by atoms with Crippen LogP contribution in [0.3, 0.4) is 0 Å². The minimum atomic E-state index is -4.12. The van der Waals surface area contributed by atoms with Gasteiger partial charge >= 0.3 is 18.0 Å². The monoisotopic (exact) mass is 1160 g/mol. The molecule has 1 aromatic heterocycles. The summed E-state index contributed by atoms with van der Waals surface area (Å²) in [5, 5.41) is 32.1. The van der Waals surface area contributed by atoms with E-state index in [1.54, 1.807) is 70.3 Å². The third-order valence-corrected chi connectivity index (χ3v) is 15.0. The van der Waals surface area contributed by atoms with Crippen molar-refractivity contribution in [1.82, 2.24) is 30.4 Å². The number of hydrogen-bond donors (Lipinski definition) is 3. The molecule has 0 bridgehead atoms. The number of aromatic nitrogens is 4. The third-order valence-electron chi connectivity index (χ3n) is 13.4. The van der Waals surface area contributed by atoms with Gasteiger partial charge in [0.1, 0.15) is 25.1 Å². The molecule has 0 fully saturated rings. The summed E-state index contributed by atoms with van der Waals surface area (Å²) in [5.74, 6) is 0.0346. The van der Waals surface area contributed by atoms with E-state index in [4.69, 9.17) is 33.9 Å². The predicted molar refractivity (Wildman–Crippen MR) is 314 cm³/mol. The quantitative estimate of drug-likeness (QED) is 0.0717. The highest BCUT2D eigenvalue weighted by Crippen LogP contribution is 2.41. The molecule has 0 spiro atoms. The number of carboxylic acids is 2. The second kappa shape index (κ2) is 27.9. The van der Waals surface area contributed by atoms with Crippen molar-refractivity contribution in [2.75, 3.05) is 33.1 Å². The van der Waals surface area contributed by atoms with Crippen molar-refractivity contribution in [3.05, 3.63) is 226 Å². The number of methoxy groups -OCH3 is 2. The average molecular weight is 1160 g/mol. The van der Waals surface area contributed by atoms with Crippen molar-refractivity contribution in [3.63, 3.8) is 0 Å². The molecular formula is C64H64N6O13S. The van der Waals surface area contributed by atoms with Crippen LogP contribution in [0.25, 0.3) is 11.8 Å². The molecular weight excluding hydrogens is 1090 g/mol. The summed E-state index contributed by atoms with van der Waals surface area (Å²) < 4.78 is 58.1. The summed E-state index contributed by atoms with van der Waals surface area (Å²) in [6.07, 6.45) is 5.55. The van der Waals surface area contributed by atoms with Crippen LogP contribution in [0.4, 0.5) is 4.79 Å². The molecule has 0 aliphatic carbocycles. The standard InChI is InChI=1S/C30H33N5O6S.C26H25NO4.C8H6O3/c1-30(2,3)41-29(36)34-16-15-22-17-27(40-19-21-11-7-5-8-12-21)26(39-4)18-24(22)25(34)20-42(37,38)28-31-32-33-35(28)23-13-9-6-10-14-23;1-30-24-16-22-21(15-25(24)31-17-19-5-3-2-4-6-19)13-14-27-23(22)12-9-18-7-10-20(11-8-18)26(28)29;9-5-6-1-3-7(4-2-6)8(10)11/h5-14,17-18,25H,15-16,19-20H2,1-4H3;2-12,15-16,23,27H,13-14,17H2,1H3,(H,28,29);1-5H,(H,10,11)/b;12-9+;. The van der Waals surface area contributed by atoms with E-state index in [0.717, 1.165) is 46.5 Å². The van der Waals surface area contributed by atoms with Crippen LogP contribution in [0.15, 0.2) is 175 Å². The molecule has 3 N–H and O–H groups in total. The lowest BCUT2D eigenvalue weighted by Gasteiger charge is -2.38. The predicted octanol–water partition coefficient (Wildman–Crippen LogP) is 10.6. The molecule has 2 aliphatic rings. The molecule has 20 heteroatoms. The Morgan fingerprint density at radius 3 is 1.69 bits per heavy atom. The summed E-state index contributed by atoms with van der Waals surface area (Å²) in [5.41, 5.74) is 7.60. The molecule has 84 heavy (non-hydrogen) atoms. The van der Waals surface area contributed by atoms with Crippen LogP contribution < -0.4 is 24.3 Å². The van der Waals surface area contributed by atoms with Gasteiger partial charge in [0.2, 0.25) is 9.84 Å². The zero-order chi connectivity index (χ0) is 59.8. The van der Waals surface area contributed by atoms with Gasteiger partial charge in [-0.25, -0.2) is 22.8 Å². The second-order valence-electron chi connectivity index (χ2n) is 20.4. The number of hydrogen-bond acceptors (Lipinski definition) is 15. The SMILES string of the molecule is COc1cc2c(cc1OCc1ccccc1)CCN(C(=O)OC(C)(C)C)C2CS(=O)(=O)c1nnnn1-c1ccccc1.COc1cc2c(cc1OCc1ccccc1)CCNC2/C=C/c1ccc(C(=O)O)cc1.O=Cc1ccc(C(=O)O)cc1. The number of benzene rings is 7. The van der Waals surface area contributed by atoms with Crippen LogP contribution >= 0.6 is 0 Å². The molecule has 0 saturated heterocycles. The smallest absolute Gasteiger partial charge is 0.410 e. The summed E-state index contributed by atoms with van der Waals surface area (Å²) in [4.78, 5) is 46.3. The molecule has 2 atom stereocenters. The van der Waals surface area contributed by atoms with Crippen LogP contribution in [-0.2, 0) is 40.6 Å². The molecule has 10 rings (SSSR count). The van der Waals surface area contributed by atoms with E-state index < -0.39 is 45.3 Å². The number of aldehydes is 1. The topological polar surface area (TPSA) is 248 Å². The number of nitrogens with zero attached hydrogens (tertiary/aromatic N) is 5. The molecule has 3 heterocycles. The molecule has 1 amide bonds. The first-order chi connectivity index (χ1) is 40.4. The molecule has 19 nitrogen and oxygen atoms in total. The first-order valence-corrected chi connectivity index (χ1v) is 28.4. The summed E-state index contributed by atoms with van der Waals surface area (Å²) >= 11 is 0. The van der Waals surface area contributed by atoms with Crippen molar-refractivity contribution in [2.45, 2.75) is 69.7 Å². The van der Waals surface area contributed by atoms with Crippen LogP contribution in [0.5, 0.6) is 23.0 Å². The maximum atomic E-state index is 13.9. The fraction of sp³-hybridized carbons (Fsp3) is 0.234. The number of para-hydroxylation sites is 1. The number of fused-ring (bicyclic) bond motifs is 2. The first kappa shape index (κ1) is 60.4. The average Bonchev–Trinajstić information content (AvgIpc) is 2.28. The summed E-state index contributed by atoms with van der Waals surface area (Å²) in [6.45, 7) is 7.23. The second-order valence-corrected chi connectivity index (χ2v) is 22.3. The zero-order valence-electron chi connectivity index (χ0n) is 47.0. The highest BCUT2D eigenvalue weighted by Gasteiger charge is 2.39. The van der Waals surface area contributed by atoms with Gasteiger partial charge in [0.25, 0.3) is 5.16 Å². The number of rotatable bonds is 17. The van der Waals surface area contributed by atoms with Gasteiger partial charge in [-0.15, -0.1) is 0 Å². The van der Waals surface area contributed by atoms with Gasteiger partial charge in [-0.3, -0.25) is 9.69 Å². The summed E-state index contributed by atoms with van der Waals surface area (Å²) in [6, 6.07) is 48.0. The number of carbonyl (C=O) groups is 4. The number of amides is 1. The first-order valence-electron chi connectivity index (χ1n) is 26.8. The Hall–Kier alpha value is -9.66. The molecule has 0 saturated carbocycles. The Morgan fingerprint density at radius 1 is 0.667 bits per heavy atom. The van der Waals surface area contributed by atoms with Gasteiger partial charge < -0.3 is 39.2 Å². The van der Waals surface area contributed by atoms with Gasteiger partial charge in [-0.05, 0) is 144 Å². The fourth-order valence-corrected chi connectivity index (χ4v) is 10.7. The Balaban J connectivity index is 0.000000191. The van der Waals surface area contributed by atoms with Gasteiger partial charge in [0.05, 0.1) is 48.9 Å². The van der Waals surface area contributed by atoms with Crippen LogP contribution in [0, 0.1) is 0 Å². The number of carboxylic acid groups (broad SMARTS) is 2. The van der Waals surface area contributed by atoms with Crippen molar-refractivity contribution >= 4 is 40.2 Å². The van der Waals surface area contributed by atoms with Gasteiger partial charge in [0.15, 0.2) is 23.0 Å². The molecule has 2 aliphatic heterocycles. The lowest BCUT2D eigenvalue weighted by Crippen LogP contribution is -2.45. The molecule has 2 unspecified atom stereocenters. The van der Waals surface area contributed by atoms with Gasteiger partial charge in [0, 0.05) is 18.7 Å². The van der Waals surface area contributed by atoms with E-state index in [2.05, 4.69) is 33.0 Å². The molecule has 7 aromatic carbocycles. The van der Waals surface area contributed by atoms with Crippen molar-refractivity contribution in [3.8, 4) is 28.7 Å². The molecule has 8 aromatic rings. The maximum absolute atomic E-state index is 13.9. The van der Waals surface area contributed by atoms with Crippen molar-refractivity contribution in [2.24, 2.45) is 0 Å². The highest BCUT2D eigenvalue weighted by atomic mass is 32.2. The van der Waals surface area contributed by atoms with E-state index in [0.29, 0.717) is 60.0 Å². The normalized spacial score (nSPS) is 14.5. The van der Waals surface area contributed by atoms with E-state index in [1.165, 1.54) is 46.5 Å². The minimum Gasteiger partial charge on any atom is -0.493 e. The third kappa shape index (κ3) is 15.9. The van der Waals surface area contributed by atoms with Crippen molar-refractivity contribution < 1.29 is 61.5 Å². The Bertz CT molecular complexity index is 3690. The van der Waals surface area contributed by atoms with E-state index in [1.807, 2.05) is 97.1 Å². The Labute approximate surface area is 487 Å². The molecule has 0 radical (unpaired) electrons. The number of aromatic carboxylic acids is 2. The van der Waals surface area contributed by atoms with E-state index in [-0.39, 0.29) is 28.9 Å². The van der Waals surface area contributed by atoms with Crippen molar-refractivity contribution in [1.29, 1.82) is 0 Å². The van der Waals surface area contributed by atoms with Crippen LogP contribution in [-0.4, -0.2) is 107 Å². The number of carbonyl (C=O) groups excluding carboxylic acids is 2. The Morgan fingerprint density at radius 2 is 1.18 bits per heavy atom. The van der Waals surface area contributed by atoms with Gasteiger partial charge in [-0.1, -0.05) is 120 Å². The Kier molecular flexibility index (Phi) is 20.1. The zero-order valence-corrected chi connectivity index (χ0v) is 47.8. The van der Waals surface area contributed by atoms with Crippen LogP contribution in [0.1, 0.15) is 103 Å². The highest BCUT2D eigenvalue weighted by molar-refractivity contribution is 7.91. The lowest BCUT2D eigenvalue weighted by molar-refractivity contribution is 0.0162. The number of tetrazole rings is 1. The van der Waals surface area contributed by atoms with Crippen LogP contribution in [0.2, 0.25) is 0 Å². The lowest BCUT2D eigenvalue weighted by atomic mass is 9.93. The number of ether oxygens (including phenoxy) is 5. The summed E-state index contributed by atoms with van der Waals surface area (Å²) in [7, 11) is -0.945. The van der Waals surface area contributed by atoms with E-state index >= 15 is 0 Å².